The van der Waals surface area contributed by atoms with E-state index in [-0.39, 0.29) is 28.4 Å². The molecule has 34 heavy (non-hydrogen) atoms. The van der Waals surface area contributed by atoms with Gasteiger partial charge in [0.15, 0.2) is 0 Å². The number of fused-ring (bicyclic) bond motifs is 1. The summed E-state index contributed by atoms with van der Waals surface area (Å²) in [4.78, 5) is 27.9. The van der Waals surface area contributed by atoms with Gasteiger partial charge in [0.05, 0.1) is 37.0 Å². The van der Waals surface area contributed by atoms with Crippen molar-refractivity contribution in [3.63, 3.8) is 0 Å². The Morgan fingerprint density at radius 3 is 2.59 bits per heavy atom. The van der Waals surface area contributed by atoms with Crippen molar-refractivity contribution in [1.29, 1.82) is 5.26 Å². The van der Waals surface area contributed by atoms with Crippen LogP contribution in [0.1, 0.15) is 45.8 Å². The Bertz CT molecular complexity index is 1310. The summed E-state index contributed by atoms with van der Waals surface area (Å²) in [5.74, 6) is -3.66. The minimum absolute atomic E-state index is 0.0629. The summed E-state index contributed by atoms with van der Waals surface area (Å²) in [6.45, 7) is 2.94. The summed E-state index contributed by atoms with van der Waals surface area (Å²) in [5, 5.41) is 16.1. The monoisotopic (exact) mass is 465 g/mol. The molecular formula is C24H21F2N5O3. The van der Waals surface area contributed by atoms with Gasteiger partial charge in [-0.05, 0) is 37.3 Å². The summed E-state index contributed by atoms with van der Waals surface area (Å²) < 4.78 is 33.7. The first-order valence-electron chi connectivity index (χ1n) is 10.4. The van der Waals surface area contributed by atoms with Gasteiger partial charge in [-0.1, -0.05) is 12.1 Å². The zero-order chi connectivity index (χ0) is 24.6. The van der Waals surface area contributed by atoms with E-state index < -0.39 is 17.7 Å². The number of ether oxygens (including phenoxy) is 1. The number of benzene rings is 2. The molecule has 0 fully saturated rings. The van der Waals surface area contributed by atoms with Crippen LogP contribution in [0.25, 0.3) is 0 Å². The van der Waals surface area contributed by atoms with Crippen molar-refractivity contribution in [2.75, 3.05) is 17.3 Å². The second-order valence-corrected chi connectivity index (χ2v) is 8.03. The maximum absolute atomic E-state index is 13.6. The van der Waals surface area contributed by atoms with Crippen LogP contribution in [0.2, 0.25) is 0 Å². The number of rotatable bonds is 5. The van der Waals surface area contributed by atoms with Crippen molar-refractivity contribution >= 4 is 23.2 Å². The molecule has 174 valence electrons. The van der Waals surface area contributed by atoms with E-state index in [2.05, 4.69) is 10.4 Å². The molecule has 2 heterocycles. The SMILES string of the molecule is COc1ccc(NC(=O)c2cnn3c2C(=O)N(c2ccc(C(C)(F)F)cc2)C(C)C3)cc1C#N. The van der Waals surface area contributed by atoms with Gasteiger partial charge < -0.3 is 15.0 Å². The molecule has 2 amide bonds. The number of aromatic nitrogens is 2. The molecule has 0 bridgehead atoms. The Labute approximate surface area is 194 Å². The molecule has 4 rings (SSSR count). The van der Waals surface area contributed by atoms with Crippen molar-refractivity contribution in [3.8, 4) is 11.8 Å². The number of nitrogens with one attached hydrogen (secondary N) is 1. The molecule has 8 nitrogen and oxygen atoms in total. The highest BCUT2D eigenvalue weighted by Crippen LogP contribution is 2.31. The minimum atomic E-state index is -2.99. The summed E-state index contributed by atoms with van der Waals surface area (Å²) >= 11 is 0. The molecule has 1 aliphatic heterocycles. The first-order valence-corrected chi connectivity index (χ1v) is 10.4. The quantitative estimate of drug-likeness (QED) is 0.610. The van der Waals surface area contributed by atoms with Gasteiger partial charge in [0.1, 0.15) is 17.5 Å². The normalized spacial score (nSPS) is 15.5. The van der Waals surface area contributed by atoms with Gasteiger partial charge in [-0.3, -0.25) is 14.3 Å². The Balaban J connectivity index is 1.63. The van der Waals surface area contributed by atoms with Gasteiger partial charge >= 0.3 is 0 Å². The topological polar surface area (TPSA) is 100 Å². The second-order valence-electron chi connectivity index (χ2n) is 8.03. The number of alkyl halides is 2. The first-order chi connectivity index (χ1) is 16.1. The molecule has 3 aromatic rings. The molecule has 10 heteroatoms. The molecule has 0 spiro atoms. The number of anilines is 2. The molecule has 1 aliphatic rings. The molecule has 2 aromatic carbocycles. The standard InChI is InChI=1S/C24H21F2N5O3/c1-14-13-30-21(23(33)31(14)18-7-4-16(5-8-18)24(2,25)26)19(12-28-30)22(32)29-17-6-9-20(34-3)15(10-17)11-27/h4-10,12,14H,13H2,1-3H3,(H,29,32). The zero-order valence-electron chi connectivity index (χ0n) is 18.7. The summed E-state index contributed by atoms with van der Waals surface area (Å²) in [6, 6.07) is 11.8. The number of halogens is 2. The van der Waals surface area contributed by atoms with E-state index >= 15 is 0 Å². The fourth-order valence-corrected chi connectivity index (χ4v) is 3.92. The highest BCUT2D eigenvalue weighted by molar-refractivity contribution is 6.15. The molecule has 1 unspecified atom stereocenters. The molecule has 1 aromatic heterocycles. The molecule has 1 N–H and O–H groups in total. The number of methoxy groups -OCH3 is 1. The van der Waals surface area contributed by atoms with Gasteiger partial charge in [0, 0.05) is 23.9 Å². The number of carbonyl (C=O) groups is 2. The maximum Gasteiger partial charge on any atom is 0.277 e. The molecule has 0 saturated carbocycles. The summed E-state index contributed by atoms with van der Waals surface area (Å²) in [7, 11) is 1.44. The van der Waals surface area contributed by atoms with E-state index in [4.69, 9.17) is 4.74 Å². The van der Waals surface area contributed by atoms with Crippen LogP contribution in [-0.2, 0) is 12.5 Å². The van der Waals surface area contributed by atoms with Crippen LogP contribution in [0.5, 0.6) is 5.75 Å². The van der Waals surface area contributed by atoms with Gasteiger partial charge in [-0.25, -0.2) is 8.78 Å². The van der Waals surface area contributed by atoms with E-state index in [0.29, 0.717) is 23.7 Å². The number of hydrogen-bond donors (Lipinski definition) is 1. The summed E-state index contributed by atoms with van der Waals surface area (Å²) in [6.07, 6.45) is 1.31. The third kappa shape index (κ3) is 4.08. The lowest BCUT2D eigenvalue weighted by molar-refractivity contribution is 0.0175. The second kappa shape index (κ2) is 8.59. The van der Waals surface area contributed by atoms with E-state index in [1.54, 1.807) is 12.1 Å². The number of carbonyl (C=O) groups excluding carboxylic acids is 2. The average Bonchev–Trinajstić information content (AvgIpc) is 3.23. The highest BCUT2D eigenvalue weighted by Gasteiger charge is 2.36. The average molecular weight is 465 g/mol. The van der Waals surface area contributed by atoms with Gasteiger partial charge in [0.2, 0.25) is 0 Å². The molecule has 0 aliphatic carbocycles. The highest BCUT2D eigenvalue weighted by atomic mass is 19.3. The first kappa shape index (κ1) is 22.9. The van der Waals surface area contributed by atoms with Gasteiger partial charge in [-0.15, -0.1) is 0 Å². The van der Waals surface area contributed by atoms with E-state index in [9.17, 15) is 23.6 Å². The predicted molar refractivity (Wildman–Crippen MR) is 120 cm³/mol. The van der Waals surface area contributed by atoms with Crippen LogP contribution in [0.15, 0.2) is 48.7 Å². The Morgan fingerprint density at radius 1 is 1.26 bits per heavy atom. The van der Waals surface area contributed by atoms with Crippen LogP contribution in [-0.4, -0.2) is 34.7 Å². The maximum atomic E-state index is 13.6. The van der Waals surface area contributed by atoms with E-state index in [1.807, 2.05) is 13.0 Å². The lowest BCUT2D eigenvalue weighted by atomic mass is 10.1. The lowest BCUT2D eigenvalue weighted by Gasteiger charge is -2.34. The molecular weight excluding hydrogens is 444 g/mol. The van der Waals surface area contributed by atoms with Crippen LogP contribution in [0.4, 0.5) is 20.2 Å². The van der Waals surface area contributed by atoms with Crippen molar-refractivity contribution in [3.05, 3.63) is 71.0 Å². The smallest absolute Gasteiger partial charge is 0.277 e. The molecule has 0 radical (unpaired) electrons. The zero-order valence-corrected chi connectivity index (χ0v) is 18.7. The van der Waals surface area contributed by atoms with Crippen molar-refractivity contribution in [2.24, 2.45) is 0 Å². The van der Waals surface area contributed by atoms with E-state index in [0.717, 1.165) is 6.92 Å². The van der Waals surface area contributed by atoms with Crippen LogP contribution in [0.3, 0.4) is 0 Å². The van der Waals surface area contributed by atoms with Crippen LogP contribution >= 0.6 is 0 Å². The third-order valence-corrected chi connectivity index (χ3v) is 5.61. The fourth-order valence-electron chi connectivity index (χ4n) is 3.92. The molecule has 1 atom stereocenters. The Hall–Kier alpha value is -4.26. The lowest BCUT2D eigenvalue weighted by Crippen LogP contribution is -2.47. The number of nitriles is 1. The van der Waals surface area contributed by atoms with E-state index in [1.165, 1.54) is 53.2 Å². The van der Waals surface area contributed by atoms with Crippen LogP contribution in [0, 0.1) is 11.3 Å². The number of amides is 2. The molecule has 0 saturated heterocycles. The van der Waals surface area contributed by atoms with Gasteiger partial charge in [0.25, 0.3) is 17.7 Å². The Morgan fingerprint density at radius 2 is 1.97 bits per heavy atom. The van der Waals surface area contributed by atoms with Crippen molar-refractivity contribution in [1.82, 2.24) is 9.78 Å². The largest absolute Gasteiger partial charge is 0.495 e. The van der Waals surface area contributed by atoms with Gasteiger partial charge in [-0.2, -0.15) is 10.4 Å². The van der Waals surface area contributed by atoms with Crippen molar-refractivity contribution in [2.45, 2.75) is 32.4 Å². The number of hydrogen-bond acceptors (Lipinski definition) is 5. The fraction of sp³-hybridized carbons (Fsp3) is 0.250. The predicted octanol–water partition coefficient (Wildman–Crippen LogP) is 4.18. The number of nitrogens with zero attached hydrogens (tertiary/aromatic N) is 4. The summed E-state index contributed by atoms with van der Waals surface area (Å²) in [5.41, 5.74) is 1.04. The Kier molecular flexibility index (Phi) is 5.79. The van der Waals surface area contributed by atoms with Crippen LogP contribution < -0.4 is 15.0 Å². The van der Waals surface area contributed by atoms with Crippen molar-refractivity contribution < 1.29 is 23.1 Å². The minimum Gasteiger partial charge on any atom is -0.495 e. The third-order valence-electron chi connectivity index (χ3n) is 5.61.